The van der Waals surface area contributed by atoms with Crippen LogP contribution in [0.15, 0.2) is 47.5 Å². The van der Waals surface area contributed by atoms with Gasteiger partial charge in [-0.15, -0.1) is 0 Å². The molecule has 2 fully saturated rings. The van der Waals surface area contributed by atoms with Crippen LogP contribution in [0.2, 0.25) is 0 Å². The smallest absolute Gasteiger partial charge is 0.233 e. The molecule has 166 valence electrons. The summed E-state index contributed by atoms with van der Waals surface area (Å²) in [5.41, 5.74) is 0.548. The maximum Gasteiger partial charge on any atom is 0.233 e. The molecule has 1 N–H and O–H groups in total. The summed E-state index contributed by atoms with van der Waals surface area (Å²) < 4.78 is 65.3. The van der Waals surface area contributed by atoms with Gasteiger partial charge in [-0.25, -0.2) is 26.6 Å². The molecule has 9 heteroatoms. The van der Waals surface area contributed by atoms with E-state index in [1.807, 2.05) is 0 Å². The molecule has 0 saturated heterocycles. The number of aromatic nitrogens is 1. The molecule has 2 saturated carbocycles. The van der Waals surface area contributed by atoms with Crippen LogP contribution in [-0.4, -0.2) is 36.9 Å². The number of nitrogens with one attached hydrogen (secondary N) is 1. The second-order valence-corrected chi connectivity index (χ2v) is 10.6. The lowest BCUT2D eigenvalue weighted by molar-refractivity contribution is -0.118. The fraction of sp³-hybridized carbons (Fsp3) is 0.455. The first-order valence-electron chi connectivity index (χ1n) is 10.3. The monoisotopic (exact) mass is 452 g/mol. The van der Waals surface area contributed by atoms with Crippen LogP contribution in [0.4, 0.5) is 19.0 Å². The third-order valence-corrected chi connectivity index (χ3v) is 8.23. The number of pyridine rings is 1. The quantitative estimate of drug-likeness (QED) is 0.678. The number of sulfone groups is 1. The molecule has 1 aromatic carbocycles. The Bertz CT molecular complexity index is 1030. The van der Waals surface area contributed by atoms with Crippen molar-refractivity contribution in [2.45, 2.75) is 60.5 Å². The summed E-state index contributed by atoms with van der Waals surface area (Å²) in [5, 5.41) is 2.27. The van der Waals surface area contributed by atoms with Gasteiger partial charge in [0.25, 0.3) is 0 Å². The third-order valence-electron chi connectivity index (χ3n) is 5.95. The predicted molar refractivity (Wildman–Crippen MR) is 109 cm³/mol. The minimum atomic E-state index is -3.36. The first-order chi connectivity index (χ1) is 14.7. The number of rotatable bonds is 7. The lowest BCUT2D eigenvalue weighted by Crippen LogP contribution is -2.24. The van der Waals surface area contributed by atoms with Gasteiger partial charge in [0, 0.05) is 0 Å². The topological polar surface area (TPSA) is 76.1 Å². The predicted octanol–water partition coefficient (Wildman–Crippen LogP) is 4.36. The largest absolute Gasteiger partial charge is 0.310 e. The van der Waals surface area contributed by atoms with E-state index in [1.54, 1.807) is 12.1 Å². The van der Waals surface area contributed by atoms with Gasteiger partial charge in [0.2, 0.25) is 5.91 Å². The molecule has 1 heterocycles. The van der Waals surface area contributed by atoms with Crippen molar-refractivity contribution in [2.75, 3.05) is 5.32 Å². The Morgan fingerprint density at radius 2 is 1.71 bits per heavy atom. The first-order valence-corrected chi connectivity index (χ1v) is 11.8. The summed E-state index contributed by atoms with van der Waals surface area (Å²) in [6.07, 6.45) is -0.533. The number of carbonyl (C=O) groups is 1. The molecular formula is C22H23F3N2O3S. The molecule has 0 radical (unpaired) electrons. The van der Waals surface area contributed by atoms with E-state index in [4.69, 9.17) is 0 Å². The lowest BCUT2D eigenvalue weighted by Gasteiger charge is -2.21. The maximum absolute atomic E-state index is 13.7. The number of amides is 1. The van der Waals surface area contributed by atoms with Crippen LogP contribution in [-0.2, 0) is 14.6 Å². The van der Waals surface area contributed by atoms with E-state index in [0.717, 1.165) is 12.3 Å². The molecule has 0 aliphatic heterocycles. The SMILES string of the molecule is O=C(Nc1ccc(F)cn1)C(CC1C[C@@H](F)[C@@H](F)C1)c1ccc(S(=O)(=O)C2CC2)cc1. The minimum absolute atomic E-state index is 0.0356. The van der Waals surface area contributed by atoms with Gasteiger partial charge in [0.1, 0.15) is 24.0 Å². The van der Waals surface area contributed by atoms with Crippen LogP contribution in [0.5, 0.6) is 0 Å². The van der Waals surface area contributed by atoms with Crippen molar-refractivity contribution in [3.63, 3.8) is 0 Å². The number of alkyl halides is 2. The van der Waals surface area contributed by atoms with Crippen molar-refractivity contribution >= 4 is 21.6 Å². The number of hydrogen-bond donors (Lipinski definition) is 1. The highest BCUT2D eigenvalue weighted by atomic mass is 32.2. The van der Waals surface area contributed by atoms with Crippen molar-refractivity contribution < 1.29 is 26.4 Å². The van der Waals surface area contributed by atoms with Gasteiger partial charge in [-0.05, 0) is 67.9 Å². The van der Waals surface area contributed by atoms with E-state index in [1.165, 1.54) is 18.2 Å². The average molecular weight is 452 g/mol. The molecule has 2 aromatic rings. The fourth-order valence-electron chi connectivity index (χ4n) is 4.07. The molecule has 4 atom stereocenters. The number of hydrogen-bond acceptors (Lipinski definition) is 4. The zero-order valence-corrected chi connectivity index (χ0v) is 17.5. The first kappa shape index (κ1) is 21.8. The summed E-state index contributed by atoms with van der Waals surface area (Å²) >= 11 is 0. The second-order valence-electron chi connectivity index (χ2n) is 8.32. The lowest BCUT2D eigenvalue weighted by atomic mass is 9.87. The van der Waals surface area contributed by atoms with Gasteiger partial charge in [0.05, 0.1) is 22.3 Å². The van der Waals surface area contributed by atoms with Crippen LogP contribution < -0.4 is 5.32 Å². The van der Waals surface area contributed by atoms with Crippen molar-refractivity contribution in [3.05, 3.63) is 54.0 Å². The van der Waals surface area contributed by atoms with Gasteiger partial charge in [-0.1, -0.05) is 12.1 Å². The van der Waals surface area contributed by atoms with E-state index in [9.17, 15) is 26.4 Å². The van der Waals surface area contributed by atoms with Crippen LogP contribution in [0.3, 0.4) is 0 Å². The minimum Gasteiger partial charge on any atom is -0.310 e. The Morgan fingerprint density at radius 1 is 1.06 bits per heavy atom. The van der Waals surface area contributed by atoms with Gasteiger partial charge >= 0.3 is 0 Å². The standard InChI is InChI=1S/C22H23F3N2O3S/c23-15-3-8-21(26-12-15)27-22(28)18(9-13-10-19(24)20(25)11-13)14-1-4-16(5-2-14)31(29,30)17-6-7-17/h1-5,8,12-13,17-20H,6-7,9-11H2,(H,26,27,28)/t13?,18?,19-,20+. The molecular weight excluding hydrogens is 429 g/mol. The Morgan fingerprint density at radius 3 is 2.26 bits per heavy atom. The molecule has 31 heavy (non-hydrogen) atoms. The van der Waals surface area contributed by atoms with E-state index >= 15 is 0 Å². The summed E-state index contributed by atoms with van der Waals surface area (Å²) in [4.78, 5) is 17.0. The van der Waals surface area contributed by atoms with Gasteiger partial charge in [-0.3, -0.25) is 4.79 Å². The van der Waals surface area contributed by atoms with Crippen LogP contribution in [0.25, 0.3) is 0 Å². The summed E-state index contributed by atoms with van der Waals surface area (Å²) in [5.74, 6) is -1.92. The van der Waals surface area contributed by atoms with Crippen molar-refractivity contribution in [1.82, 2.24) is 4.98 Å². The molecule has 2 unspecified atom stereocenters. The van der Waals surface area contributed by atoms with Crippen LogP contribution in [0.1, 0.15) is 43.6 Å². The molecule has 5 nitrogen and oxygen atoms in total. The zero-order valence-electron chi connectivity index (χ0n) is 16.7. The zero-order chi connectivity index (χ0) is 22.2. The Labute approximate surface area is 179 Å². The Kier molecular flexibility index (Phi) is 6.05. The molecule has 4 rings (SSSR count). The average Bonchev–Trinajstić information content (AvgIpc) is 3.55. The molecule has 0 bridgehead atoms. The van der Waals surface area contributed by atoms with E-state index in [-0.39, 0.29) is 41.1 Å². The van der Waals surface area contributed by atoms with Crippen molar-refractivity contribution in [2.24, 2.45) is 5.92 Å². The summed E-state index contributed by atoms with van der Waals surface area (Å²) in [6, 6.07) is 8.58. The molecule has 1 aromatic heterocycles. The number of anilines is 1. The molecule has 1 amide bonds. The van der Waals surface area contributed by atoms with E-state index < -0.39 is 39.8 Å². The summed E-state index contributed by atoms with van der Waals surface area (Å²) in [6.45, 7) is 0. The van der Waals surface area contributed by atoms with Crippen LogP contribution >= 0.6 is 0 Å². The highest BCUT2D eigenvalue weighted by Gasteiger charge is 2.38. The van der Waals surface area contributed by atoms with Gasteiger partial charge in [-0.2, -0.15) is 0 Å². The highest BCUT2D eigenvalue weighted by Crippen LogP contribution is 2.39. The van der Waals surface area contributed by atoms with E-state index in [2.05, 4.69) is 10.3 Å². The van der Waals surface area contributed by atoms with Crippen molar-refractivity contribution in [3.8, 4) is 0 Å². The number of carbonyl (C=O) groups excluding carboxylic acids is 1. The number of nitrogens with zero attached hydrogens (tertiary/aromatic N) is 1. The molecule has 0 spiro atoms. The Hall–Kier alpha value is -2.42. The van der Waals surface area contributed by atoms with Crippen molar-refractivity contribution in [1.29, 1.82) is 0 Å². The Balaban J connectivity index is 1.56. The highest BCUT2D eigenvalue weighted by molar-refractivity contribution is 7.92. The maximum atomic E-state index is 13.7. The molecule has 2 aliphatic carbocycles. The third kappa shape index (κ3) is 4.92. The van der Waals surface area contributed by atoms with Gasteiger partial charge < -0.3 is 5.32 Å². The fourth-order valence-corrected chi connectivity index (χ4v) is 5.73. The molecule has 2 aliphatic rings. The summed E-state index contributed by atoms with van der Waals surface area (Å²) in [7, 11) is -3.36. The van der Waals surface area contributed by atoms with E-state index in [0.29, 0.717) is 18.4 Å². The second kappa shape index (κ2) is 8.61. The van der Waals surface area contributed by atoms with Gasteiger partial charge in [0.15, 0.2) is 9.84 Å². The van der Waals surface area contributed by atoms with Crippen LogP contribution in [0, 0.1) is 11.7 Å². The normalized spacial score (nSPS) is 24.7. The number of benzene rings is 1. The number of halogens is 3.